The van der Waals surface area contributed by atoms with Crippen LogP contribution in [-0.4, -0.2) is 24.2 Å². The van der Waals surface area contributed by atoms with Gasteiger partial charge in [-0.3, -0.25) is 10.1 Å². The van der Waals surface area contributed by atoms with E-state index in [0.29, 0.717) is 27.9 Å². The van der Waals surface area contributed by atoms with Gasteiger partial charge in [0.2, 0.25) is 0 Å². The van der Waals surface area contributed by atoms with Gasteiger partial charge in [-0.25, -0.2) is 0 Å². The van der Waals surface area contributed by atoms with Gasteiger partial charge in [0.05, 0.1) is 10.0 Å². The number of ether oxygens (including phenoxy) is 1. The van der Waals surface area contributed by atoms with Crippen LogP contribution in [0.5, 0.6) is 11.5 Å². The standard InChI is InChI=1S/C16H15Cl2N2O2/c17-13-2-1-10(7-14(13)18)22-16-4-6-20-9-12(16)11-8-19-5-3-15(11)21/h1-3,5,7-8,12,16,20H,4,6,9H2. The molecule has 1 saturated heterocycles. The molecule has 1 aromatic carbocycles. The number of halogens is 2. The normalized spacial score (nSPS) is 21.5. The van der Waals surface area contributed by atoms with Crippen molar-refractivity contribution >= 4 is 23.2 Å². The predicted octanol–water partition coefficient (Wildman–Crippen LogP) is 4.06. The molecule has 4 nitrogen and oxygen atoms in total. The molecule has 1 N–H and O–H groups in total. The lowest BCUT2D eigenvalue weighted by Crippen LogP contribution is -2.41. The topological polar surface area (TPSA) is 54.0 Å². The van der Waals surface area contributed by atoms with Crippen molar-refractivity contribution in [3.63, 3.8) is 0 Å². The summed E-state index contributed by atoms with van der Waals surface area (Å²) in [6.07, 6.45) is 3.84. The summed E-state index contributed by atoms with van der Waals surface area (Å²) in [5, 5.41) is 16.3. The molecule has 2 unspecified atom stereocenters. The van der Waals surface area contributed by atoms with Gasteiger partial charge in [-0.1, -0.05) is 23.2 Å². The zero-order valence-corrected chi connectivity index (χ0v) is 13.3. The second-order valence-corrected chi connectivity index (χ2v) is 6.06. The summed E-state index contributed by atoms with van der Waals surface area (Å²) in [5.41, 5.74) is 0.680. The van der Waals surface area contributed by atoms with Crippen molar-refractivity contribution in [1.29, 1.82) is 0 Å². The number of nitrogens with zero attached hydrogens (tertiary/aromatic N) is 1. The molecule has 115 valence electrons. The highest BCUT2D eigenvalue weighted by Crippen LogP contribution is 2.34. The van der Waals surface area contributed by atoms with Crippen molar-refractivity contribution in [2.24, 2.45) is 0 Å². The second-order valence-electron chi connectivity index (χ2n) is 5.25. The molecule has 2 atom stereocenters. The van der Waals surface area contributed by atoms with Crippen LogP contribution in [0.3, 0.4) is 0 Å². The number of hydrogen-bond acceptors (Lipinski definition) is 3. The third-order valence-corrected chi connectivity index (χ3v) is 4.55. The number of hydrogen-bond donors (Lipinski definition) is 1. The molecule has 3 rings (SSSR count). The SMILES string of the molecule is [O]c1ccncc1C1CNCCC1Oc1ccc(Cl)c(Cl)c1. The number of pyridine rings is 1. The molecule has 1 radical (unpaired) electrons. The molecule has 1 aromatic heterocycles. The number of benzene rings is 1. The average molecular weight is 338 g/mol. The Balaban J connectivity index is 1.83. The Morgan fingerprint density at radius 2 is 2.09 bits per heavy atom. The molecule has 0 amide bonds. The molecule has 1 aliphatic rings. The van der Waals surface area contributed by atoms with E-state index in [2.05, 4.69) is 10.3 Å². The number of rotatable bonds is 3. The minimum absolute atomic E-state index is 0.00793. The predicted molar refractivity (Wildman–Crippen MR) is 85.5 cm³/mol. The van der Waals surface area contributed by atoms with Gasteiger partial charge in [-0.2, -0.15) is 0 Å². The summed E-state index contributed by atoms with van der Waals surface area (Å²) in [4.78, 5) is 4.07. The zero-order valence-electron chi connectivity index (χ0n) is 11.8. The van der Waals surface area contributed by atoms with Gasteiger partial charge >= 0.3 is 0 Å². The third kappa shape index (κ3) is 3.29. The van der Waals surface area contributed by atoms with Crippen LogP contribution in [0.1, 0.15) is 17.9 Å². The van der Waals surface area contributed by atoms with Crippen LogP contribution >= 0.6 is 23.2 Å². The maximum Gasteiger partial charge on any atom is 0.185 e. The highest BCUT2D eigenvalue weighted by Gasteiger charge is 2.30. The zero-order chi connectivity index (χ0) is 15.5. The molecule has 0 bridgehead atoms. The van der Waals surface area contributed by atoms with Gasteiger partial charge < -0.3 is 10.1 Å². The van der Waals surface area contributed by atoms with E-state index >= 15 is 0 Å². The molecule has 6 heteroatoms. The number of piperidine rings is 1. The highest BCUT2D eigenvalue weighted by molar-refractivity contribution is 6.42. The van der Waals surface area contributed by atoms with Crippen LogP contribution in [0.15, 0.2) is 36.7 Å². The van der Waals surface area contributed by atoms with E-state index in [4.69, 9.17) is 27.9 Å². The van der Waals surface area contributed by atoms with E-state index in [0.717, 1.165) is 13.0 Å². The lowest BCUT2D eigenvalue weighted by atomic mass is 9.89. The maximum absolute atomic E-state index is 12.1. The molecule has 0 saturated carbocycles. The van der Waals surface area contributed by atoms with Crippen molar-refractivity contribution < 1.29 is 9.84 Å². The van der Waals surface area contributed by atoms with Gasteiger partial charge in [0, 0.05) is 42.6 Å². The van der Waals surface area contributed by atoms with Crippen molar-refractivity contribution in [2.45, 2.75) is 18.4 Å². The maximum atomic E-state index is 12.1. The lowest BCUT2D eigenvalue weighted by molar-refractivity contribution is 0.136. The third-order valence-electron chi connectivity index (χ3n) is 3.81. The van der Waals surface area contributed by atoms with Gasteiger partial charge in [-0.15, -0.1) is 0 Å². The summed E-state index contributed by atoms with van der Waals surface area (Å²) in [5.74, 6) is 0.610. The van der Waals surface area contributed by atoms with Gasteiger partial charge in [0.15, 0.2) is 5.75 Å². The summed E-state index contributed by atoms with van der Waals surface area (Å²) in [6.45, 7) is 1.53. The van der Waals surface area contributed by atoms with Crippen LogP contribution in [0.25, 0.3) is 0 Å². The van der Waals surface area contributed by atoms with E-state index in [1.165, 1.54) is 12.3 Å². The summed E-state index contributed by atoms with van der Waals surface area (Å²) >= 11 is 11.9. The molecule has 1 aliphatic heterocycles. The highest BCUT2D eigenvalue weighted by atomic mass is 35.5. The van der Waals surface area contributed by atoms with Crippen LogP contribution < -0.4 is 10.1 Å². The molecule has 22 heavy (non-hydrogen) atoms. The van der Waals surface area contributed by atoms with E-state index in [-0.39, 0.29) is 17.8 Å². The Labute approximate surface area is 139 Å². The summed E-state index contributed by atoms with van der Waals surface area (Å²) in [6, 6.07) is 6.68. The average Bonchev–Trinajstić information content (AvgIpc) is 2.52. The largest absolute Gasteiger partial charge is 0.490 e. The Kier molecular flexibility index (Phi) is 4.71. The molecule has 2 aromatic rings. The minimum Gasteiger partial charge on any atom is -0.490 e. The Morgan fingerprint density at radius 3 is 2.86 bits per heavy atom. The number of aromatic nitrogens is 1. The summed E-state index contributed by atoms with van der Waals surface area (Å²) in [7, 11) is 0. The summed E-state index contributed by atoms with van der Waals surface area (Å²) < 4.78 is 6.06. The van der Waals surface area contributed by atoms with Crippen molar-refractivity contribution in [3.05, 3.63) is 52.3 Å². The molecule has 0 aliphatic carbocycles. The van der Waals surface area contributed by atoms with Crippen molar-refractivity contribution in [3.8, 4) is 11.5 Å². The van der Waals surface area contributed by atoms with Gasteiger partial charge in [0.25, 0.3) is 0 Å². The Morgan fingerprint density at radius 1 is 1.23 bits per heavy atom. The van der Waals surface area contributed by atoms with E-state index in [1.807, 2.05) is 0 Å². The quantitative estimate of drug-likeness (QED) is 0.918. The fraction of sp³-hybridized carbons (Fsp3) is 0.312. The number of nitrogens with one attached hydrogen (secondary N) is 1. The molecule has 0 spiro atoms. The van der Waals surface area contributed by atoms with Crippen LogP contribution in [0, 0.1) is 0 Å². The van der Waals surface area contributed by atoms with Crippen LogP contribution in [0.2, 0.25) is 10.0 Å². The van der Waals surface area contributed by atoms with E-state index < -0.39 is 0 Å². The molecular weight excluding hydrogens is 323 g/mol. The molecular formula is C16H15Cl2N2O2. The van der Waals surface area contributed by atoms with Crippen molar-refractivity contribution in [2.75, 3.05) is 13.1 Å². The van der Waals surface area contributed by atoms with Crippen LogP contribution in [0.4, 0.5) is 0 Å². The first-order chi connectivity index (χ1) is 10.6. The molecule has 2 heterocycles. The monoisotopic (exact) mass is 337 g/mol. The first-order valence-electron chi connectivity index (χ1n) is 7.08. The fourth-order valence-electron chi connectivity index (χ4n) is 2.68. The first-order valence-corrected chi connectivity index (χ1v) is 7.84. The van der Waals surface area contributed by atoms with E-state index in [1.54, 1.807) is 24.4 Å². The van der Waals surface area contributed by atoms with Gasteiger partial charge in [0.1, 0.15) is 11.9 Å². The van der Waals surface area contributed by atoms with Crippen LogP contribution in [-0.2, 0) is 5.11 Å². The van der Waals surface area contributed by atoms with Gasteiger partial charge in [-0.05, 0) is 25.1 Å². The smallest absolute Gasteiger partial charge is 0.185 e. The Bertz CT molecular complexity index is 666. The Hall–Kier alpha value is -1.49. The fourth-order valence-corrected chi connectivity index (χ4v) is 2.97. The lowest BCUT2D eigenvalue weighted by Gasteiger charge is -2.32. The van der Waals surface area contributed by atoms with Crippen molar-refractivity contribution in [1.82, 2.24) is 10.3 Å². The first kappa shape index (κ1) is 15.4. The van der Waals surface area contributed by atoms with E-state index in [9.17, 15) is 5.11 Å². The minimum atomic E-state index is -0.101. The molecule has 1 fully saturated rings. The second kappa shape index (κ2) is 6.73.